The highest BCUT2D eigenvalue weighted by molar-refractivity contribution is 5.94. The van der Waals surface area contributed by atoms with Gasteiger partial charge < -0.3 is 19.0 Å². The van der Waals surface area contributed by atoms with E-state index < -0.39 is 0 Å². The van der Waals surface area contributed by atoms with E-state index >= 15 is 0 Å². The number of benzene rings is 2. The van der Waals surface area contributed by atoms with E-state index in [0.717, 1.165) is 60.8 Å². The number of imidazole rings is 1. The van der Waals surface area contributed by atoms with Gasteiger partial charge >= 0.3 is 0 Å². The molecule has 7 nitrogen and oxygen atoms in total. The van der Waals surface area contributed by atoms with E-state index in [1.807, 2.05) is 42.3 Å². The van der Waals surface area contributed by atoms with Gasteiger partial charge in [-0.1, -0.05) is 29.4 Å². The van der Waals surface area contributed by atoms with Gasteiger partial charge in [0.15, 0.2) is 5.84 Å². The number of aryl methyl sites for hydroxylation is 2. The van der Waals surface area contributed by atoms with E-state index in [1.54, 1.807) is 19.2 Å². The lowest BCUT2D eigenvalue weighted by molar-refractivity contribution is 0.0281. The summed E-state index contributed by atoms with van der Waals surface area (Å²) in [5.41, 5.74) is 6.63. The standard InChI is InChI=1S/C33H32FN5O2/c1-21-16-38(20-36-21)28-10-7-23(14-30(28)40-2)26-15-33(26)18-32(12-11-27-25(32)4-3-13-35-27)19-39-29(17-41-37-31(33)39)22-5-8-24(34)9-6-22/h3-10,13-14,16,20,26,29H,11-12,15,17-19H2,1-2H3. The molecule has 2 aliphatic carbocycles. The van der Waals surface area contributed by atoms with Gasteiger partial charge in [-0.05, 0) is 85.5 Å². The van der Waals surface area contributed by atoms with Gasteiger partial charge in [-0.3, -0.25) is 4.98 Å². The lowest BCUT2D eigenvalue weighted by Gasteiger charge is -2.51. The first kappa shape index (κ1) is 24.6. The molecule has 4 atom stereocenters. The van der Waals surface area contributed by atoms with Crippen LogP contribution in [0, 0.1) is 18.2 Å². The number of pyridine rings is 1. The van der Waals surface area contributed by atoms with Crippen LogP contribution in [-0.2, 0) is 16.7 Å². The van der Waals surface area contributed by atoms with Crippen LogP contribution in [0.5, 0.6) is 5.75 Å². The molecule has 208 valence electrons. The Kier molecular flexibility index (Phi) is 5.34. The first-order valence-electron chi connectivity index (χ1n) is 14.4. The molecule has 1 saturated heterocycles. The summed E-state index contributed by atoms with van der Waals surface area (Å²) in [4.78, 5) is 17.6. The fourth-order valence-electron chi connectivity index (χ4n) is 7.87. The van der Waals surface area contributed by atoms with Gasteiger partial charge in [-0.2, -0.15) is 0 Å². The maximum atomic E-state index is 13.9. The number of amidine groups is 1. The van der Waals surface area contributed by atoms with Crippen LogP contribution in [0.3, 0.4) is 0 Å². The predicted molar refractivity (Wildman–Crippen MR) is 153 cm³/mol. The summed E-state index contributed by atoms with van der Waals surface area (Å²) in [6, 6.07) is 17.7. The Hall–Kier alpha value is -4.20. The molecule has 2 spiro atoms. The molecule has 0 N–H and O–H groups in total. The number of oxime groups is 1. The van der Waals surface area contributed by atoms with Crippen molar-refractivity contribution in [2.75, 3.05) is 20.3 Å². The fourth-order valence-corrected chi connectivity index (χ4v) is 7.87. The summed E-state index contributed by atoms with van der Waals surface area (Å²) in [5, 5.41) is 4.77. The Morgan fingerprint density at radius 1 is 1.07 bits per heavy atom. The summed E-state index contributed by atoms with van der Waals surface area (Å²) in [6.45, 7) is 3.28. The van der Waals surface area contributed by atoms with Gasteiger partial charge in [0.2, 0.25) is 0 Å². The number of methoxy groups -OCH3 is 1. The van der Waals surface area contributed by atoms with Crippen molar-refractivity contribution in [1.29, 1.82) is 0 Å². The summed E-state index contributed by atoms with van der Waals surface area (Å²) in [6.07, 6.45) is 9.79. The zero-order chi connectivity index (χ0) is 27.8. The van der Waals surface area contributed by atoms with Crippen molar-refractivity contribution in [2.24, 2.45) is 10.6 Å². The zero-order valence-corrected chi connectivity index (χ0v) is 23.3. The first-order valence-corrected chi connectivity index (χ1v) is 14.4. The van der Waals surface area contributed by atoms with Crippen LogP contribution in [0.1, 0.15) is 59.3 Å². The fraction of sp³-hybridized carbons (Fsp3) is 0.364. The van der Waals surface area contributed by atoms with Crippen molar-refractivity contribution < 1.29 is 14.0 Å². The van der Waals surface area contributed by atoms with Crippen molar-refractivity contribution in [1.82, 2.24) is 19.4 Å². The second-order valence-corrected chi connectivity index (χ2v) is 12.1. The molecular weight excluding hydrogens is 517 g/mol. The molecule has 0 radical (unpaired) electrons. The monoisotopic (exact) mass is 549 g/mol. The highest BCUT2D eigenvalue weighted by Gasteiger charge is 2.68. The normalized spacial score (nSPS) is 27.8. The third-order valence-corrected chi connectivity index (χ3v) is 9.83. The molecule has 1 saturated carbocycles. The van der Waals surface area contributed by atoms with Gasteiger partial charge in [0, 0.05) is 35.5 Å². The summed E-state index contributed by atoms with van der Waals surface area (Å²) < 4.78 is 21.8. The van der Waals surface area contributed by atoms with Crippen LogP contribution in [0.2, 0.25) is 0 Å². The Morgan fingerprint density at radius 3 is 2.73 bits per heavy atom. The van der Waals surface area contributed by atoms with Gasteiger partial charge in [0.25, 0.3) is 0 Å². The lowest BCUT2D eigenvalue weighted by atomic mass is 9.68. The number of nitrogens with zero attached hydrogens (tertiary/aromatic N) is 5. The van der Waals surface area contributed by atoms with E-state index in [0.29, 0.717) is 6.61 Å². The van der Waals surface area contributed by atoms with Crippen molar-refractivity contribution in [3.8, 4) is 11.4 Å². The molecule has 2 fully saturated rings. The molecule has 41 heavy (non-hydrogen) atoms. The maximum Gasteiger partial charge on any atom is 0.152 e. The Balaban J connectivity index is 1.22. The number of aromatic nitrogens is 3. The Morgan fingerprint density at radius 2 is 1.93 bits per heavy atom. The smallest absolute Gasteiger partial charge is 0.152 e. The predicted octanol–water partition coefficient (Wildman–Crippen LogP) is 5.87. The van der Waals surface area contributed by atoms with Crippen LogP contribution >= 0.6 is 0 Å². The van der Waals surface area contributed by atoms with E-state index in [9.17, 15) is 4.39 Å². The van der Waals surface area contributed by atoms with Gasteiger partial charge in [-0.15, -0.1) is 0 Å². The van der Waals surface area contributed by atoms with Crippen LogP contribution in [-0.4, -0.2) is 45.5 Å². The number of rotatable bonds is 4. The third-order valence-electron chi connectivity index (χ3n) is 9.83. The van der Waals surface area contributed by atoms with Crippen molar-refractivity contribution in [3.63, 3.8) is 0 Å². The molecule has 4 aromatic rings. The van der Waals surface area contributed by atoms with E-state index in [-0.39, 0.29) is 28.6 Å². The molecule has 8 rings (SSSR count). The minimum absolute atomic E-state index is 0.0225. The molecule has 4 aliphatic rings. The van der Waals surface area contributed by atoms with Gasteiger partial charge in [0.1, 0.15) is 18.2 Å². The molecule has 2 aromatic carbocycles. The van der Waals surface area contributed by atoms with Crippen LogP contribution in [0.25, 0.3) is 5.69 Å². The van der Waals surface area contributed by atoms with Gasteiger partial charge in [-0.25, -0.2) is 9.37 Å². The van der Waals surface area contributed by atoms with Crippen LogP contribution in [0.4, 0.5) is 4.39 Å². The van der Waals surface area contributed by atoms with Crippen molar-refractivity contribution >= 4 is 5.84 Å². The maximum absolute atomic E-state index is 13.9. The molecule has 0 bridgehead atoms. The van der Waals surface area contributed by atoms with E-state index in [2.05, 4.69) is 40.2 Å². The highest BCUT2D eigenvalue weighted by atomic mass is 19.1. The number of hydrogen-bond acceptors (Lipinski definition) is 6. The summed E-state index contributed by atoms with van der Waals surface area (Å²) in [5.74, 6) is 1.90. The molecular formula is C33H32FN5O2. The second kappa shape index (κ2) is 8.90. The van der Waals surface area contributed by atoms with Crippen LogP contribution in [0.15, 0.2) is 78.5 Å². The summed E-state index contributed by atoms with van der Waals surface area (Å²) in [7, 11) is 1.72. The third kappa shape index (κ3) is 3.72. The number of hydrogen-bond donors (Lipinski definition) is 0. The van der Waals surface area contributed by atoms with Crippen LogP contribution < -0.4 is 4.74 Å². The topological polar surface area (TPSA) is 64.8 Å². The average molecular weight is 550 g/mol. The SMILES string of the molecule is COc1cc(C2CC23CC2(CCc4ncccc42)CN2C3=NOCC2c2ccc(F)cc2)ccc1-n1cnc(C)c1. The molecule has 8 heteroatoms. The number of fused-ring (bicyclic) bond motifs is 4. The number of piperidine rings is 1. The molecule has 2 aliphatic heterocycles. The van der Waals surface area contributed by atoms with E-state index in [4.69, 9.17) is 19.7 Å². The molecule has 4 heterocycles. The number of ether oxygens (including phenoxy) is 1. The lowest BCUT2D eigenvalue weighted by Crippen LogP contribution is -2.57. The molecule has 0 amide bonds. The number of halogens is 1. The first-order chi connectivity index (χ1) is 20.0. The van der Waals surface area contributed by atoms with E-state index in [1.165, 1.54) is 16.8 Å². The summed E-state index contributed by atoms with van der Waals surface area (Å²) >= 11 is 0. The van der Waals surface area contributed by atoms with Gasteiger partial charge in [0.05, 0.1) is 30.9 Å². The average Bonchev–Trinajstić information content (AvgIpc) is 3.34. The minimum Gasteiger partial charge on any atom is -0.495 e. The highest BCUT2D eigenvalue weighted by Crippen LogP contribution is 2.70. The van der Waals surface area contributed by atoms with Crippen molar-refractivity contribution in [3.05, 3.63) is 107 Å². The molecule has 2 aromatic heterocycles. The molecule has 4 unspecified atom stereocenters. The van der Waals surface area contributed by atoms with Crippen molar-refractivity contribution in [2.45, 2.75) is 50.0 Å². The second-order valence-electron chi connectivity index (χ2n) is 12.1. The largest absolute Gasteiger partial charge is 0.495 e. The Labute approximate surface area is 238 Å². The Bertz CT molecular complexity index is 1680. The zero-order valence-electron chi connectivity index (χ0n) is 23.3. The quantitative estimate of drug-likeness (QED) is 0.319. The minimum atomic E-state index is -0.229.